The molecule has 2 N–H and O–H groups in total. The maximum Gasteiger partial charge on any atom is 0.276 e. The van der Waals surface area contributed by atoms with Crippen molar-refractivity contribution in [1.82, 2.24) is 19.9 Å². The van der Waals surface area contributed by atoms with Gasteiger partial charge in [-0.1, -0.05) is 6.07 Å². The monoisotopic (exact) mass is 414 g/mol. The average Bonchev–Trinajstić information content (AvgIpc) is 3.27. The summed E-state index contributed by atoms with van der Waals surface area (Å²) in [6.07, 6.45) is 2.33. The fraction of sp³-hybridized carbons (Fsp3) is 0.278. The molecule has 0 fully saturated rings. The molecule has 0 unspecified atom stereocenters. The van der Waals surface area contributed by atoms with Crippen LogP contribution in [0.4, 0.5) is 10.3 Å². The summed E-state index contributed by atoms with van der Waals surface area (Å²) in [6.45, 7) is 3.57. The molecular weight excluding hydrogens is 396 g/mol. The molecule has 28 heavy (non-hydrogen) atoms. The van der Waals surface area contributed by atoms with Gasteiger partial charge in [-0.3, -0.25) is 24.8 Å². The Morgan fingerprint density at radius 3 is 2.86 bits per heavy atom. The maximum atomic E-state index is 12.2. The third-order valence-corrected chi connectivity index (χ3v) is 6.03. The second-order valence-corrected chi connectivity index (χ2v) is 8.30. The van der Waals surface area contributed by atoms with E-state index >= 15 is 0 Å². The number of nitrogens with zero attached hydrogens (tertiary/aromatic N) is 4. The zero-order valence-corrected chi connectivity index (χ0v) is 16.8. The first-order valence-corrected chi connectivity index (χ1v) is 10.4. The molecule has 3 aromatic rings. The minimum absolute atomic E-state index is 0.0778. The smallest absolute Gasteiger partial charge is 0.276 e. The molecule has 1 aliphatic heterocycles. The Bertz CT molecular complexity index is 1000. The number of nitrogens with one attached hydrogen (secondary N) is 2. The average molecular weight is 415 g/mol. The normalized spacial score (nSPS) is 13.8. The van der Waals surface area contributed by atoms with Gasteiger partial charge in [-0.2, -0.15) is 0 Å². The highest BCUT2D eigenvalue weighted by Gasteiger charge is 2.23. The van der Waals surface area contributed by atoms with Crippen LogP contribution in [-0.2, 0) is 17.8 Å². The summed E-state index contributed by atoms with van der Waals surface area (Å²) >= 11 is 2.86. The summed E-state index contributed by atoms with van der Waals surface area (Å²) in [6, 6.07) is 5.19. The maximum absolute atomic E-state index is 12.2. The SMILES string of the molecule is Cc1csc(NC(=O)CN2CCc3nc(NC(=O)c4ccccn4)sc3C2)n1. The van der Waals surface area contributed by atoms with E-state index in [1.54, 1.807) is 24.4 Å². The molecule has 0 aliphatic carbocycles. The van der Waals surface area contributed by atoms with E-state index in [1.165, 1.54) is 22.7 Å². The van der Waals surface area contributed by atoms with Crippen LogP contribution in [0, 0.1) is 6.92 Å². The Hall–Kier alpha value is -2.69. The van der Waals surface area contributed by atoms with Gasteiger partial charge >= 0.3 is 0 Å². The highest BCUT2D eigenvalue weighted by Crippen LogP contribution is 2.28. The fourth-order valence-corrected chi connectivity index (χ4v) is 4.62. The number of amides is 2. The lowest BCUT2D eigenvalue weighted by Gasteiger charge is -2.24. The second kappa shape index (κ2) is 8.13. The van der Waals surface area contributed by atoms with Gasteiger partial charge in [-0.15, -0.1) is 22.7 Å². The second-order valence-electron chi connectivity index (χ2n) is 6.36. The summed E-state index contributed by atoms with van der Waals surface area (Å²) in [5.74, 6) is -0.354. The van der Waals surface area contributed by atoms with Crippen LogP contribution in [0.1, 0.15) is 26.8 Å². The summed E-state index contributed by atoms with van der Waals surface area (Å²) in [5, 5.41) is 8.73. The molecule has 0 radical (unpaired) electrons. The standard InChI is InChI=1S/C18H18N6O2S2/c1-11-10-27-17(20-11)22-15(25)9-24-7-5-12-14(8-24)28-18(21-12)23-16(26)13-4-2-3-6-19-13/h2-4,6,10H,5,7-9H2,1H3,(H,20,22,25)(H,21,23,26). The summed E-state index contributed by atoms with van der Waals surface area (Å²) in [5.41, 5.74) is 2.23. The minimum Gasteiger partial charge on any atom is -0.301 e. The lowest BCUT2D eigenvalue weighted by atomic mass is 10.2. The third kappa shape index (κ3) is 4.41. The molecule has 0 atom stereocenters. The third-order valence-electron chi connectivity index (χ3n) is 4.16. The summed E-state index contributed by atoms with van der Waals surface area (Å²) < 4.78 is 0. The Balaban J connectivity index is 1.35. The first-order valence-electron chi connectivity index (χ1n) is 8.72. The molecule has 1 aliphatic rings. The van der Waals surface area contributed by atoms with Crippen LogP contribution in [-0.4, -0.2) is 44.8 Å². The molecule has 3 aromatic heterocycles. The van der Waals surface area contributed by atoms with Gasteiger partial charge in [-0.05, 0) is 19.1 Å². The molecule has 4 rings (SSSR count). The number of hydrogen-bond donors (Lipinski definition) is 2. The molecule has 144 valence electrons. The van der Waals surface area contributed by atoms with E-state index in [1.807, 2.05) is 12.3 Å². The number of pyridine rings is 1. The number of hydrogen-bond acceptors (Lipinski definition) is 8. The molecular formula is C18H18N6O2S2. The highest BCUT2D eigenvalue weighted by molar-refractivity contribution is 7.16. The van der Waals surface area contributed by atoms with Crippen molar-refractivity contribution in [3.63, 3.8) is 0 Å². The zero-order valence-electron chi connectivity index (χ0n) is 15.1. The minimum atomic E-state index is -0.276. The molecule has 0 saturated carbocycles. The van der Waals surface area contributed by atoms with Gasteiger partial charge < -0.3 is 5.32 Å². The van der Waals surface area contributed by atoms with Gasteiger partial charge in [0.25, 0.3) is 5.91 Å². The first kappa shape index (κ1) is 18.7. The Labute approximate surface area is 169 Å². The summed E-state index contributed by atoms with van der Waals surface area (Å²) in [4.78, 5) is 40.4. The lowest BCUT2D eigenvalue weighted by molar-refractivity contribution is -0.117. The van der Waals surface area contributed by atoms with E-state index in [9.17, 15) is 9.59 Å². The number of aromatic nitrogens is 3. The van der Waals surface area contributed by atoms with Crippen molar-refractivity contribution in [3.05, 3.63) is 51.7 Å². The van der Waals surface area contributed by atoms with Crippen LogP contribution >= 0.6 is 22.7 Å². The predicted octanol–water partition coefficient (Wildman–Crippen LogP) is 2.55. The molecule has 0 aromatic carbocycles. The van der Waals surface area contributed by atoms with Crippen LogP contribution < -0.4 is 10.6 Å². The lowest BCUT2D eigenvalue weighted by Crippen LogP contribution is -2.36. The molecule has 10 heteroatoms. The fourth-order valence-electron chi connectivity index (χ4n) is 2.87. The molecule has 8 nitrogen and oxygen atoms in total. The van der Waals surface area contributed by atoms with E-state index < -0.39 is 0 Å². The Kier molecular flexibility index (Phi) is 5.42. The van der Waals surface area contributed by atoms with Crippen LogP contribution in [0.2, 0.25) is 0 Å². The van der Waals surface area contributed by atoms with Gasteiger partial charge in [0.05, 0.1) is 17.9 Å². The van der Waals surface area contributed by atoms with Crippen molar-refractivity contribution in [1.29, 1.82) is 0 Å². The van der Waals surface area contributed by atoms with Crippen molar-refractivity contribution in [2.45, 2.75) is 19.9 Å². The van der Waals surface area contributed by atoms with E-state index in [2.05, 4.69) is 30.5 Å². The van der Waals surface area contributed by atoms with Gasteiger partial charge in [0.15, 0.2) is 10.3 Å². The first-order chi connectivity index (χ1) is 13.6. The molecule has 2 amide bonds. The van der Waals surface area contributed by atoms with E-state index in [4.69, 9.17) is 0 Å². The van der Waals surface area contributed by atoms with Crippen molar-refractivity contribution < 1.29 is 9.59 Å². The number of fused-ring (bicyclic) bond motifs is 1. The quantitative estimate of drug-likeness (QED) is 0.666. The number of thiazole rings is 2. The summed E-state index contributed by atoms with van der Waals surface area (Å²) in [7, 11) is 0. The zero-order chi connectivity index (χ0) is 19.5. The van der Waals surface area contributed by atoms with Crippen molar-refractivity contribution in [3.8, 4) is 0 Å². The number of carbonyl (C=O) groups is 2. The molecule has 0 saturated heterocycles. The highest BCUT2D eigenvalue weighted by atomic mass is 32.1. The molecule has 4 heterocycles. The van der Waals surface area contributed by atoms with Gasteiger partial charge in [-0.25, -0.2) is 9.97 Å². The van der Waals surface area contributed by atoms with Crippen LogP contribution in [0.25, 0.3) is 0 Å². The van der Waals surface area contributed by atoms with Gasteiger partial charge in [0.1, 0.15) is 5.69 Å². The largest absolute Gasteiger partial charge is 0.301 e. The number of carbonyl (C=O) groups excluding carboxylic acids is 2. The molecule has 0 bridgehead atoms. The van der Waals surface area contributed by atoms with Crippen molar-refractivity contribution in [2.75, 3.05) is 23.7 Å². The Morgan fingerprint density at radius 1 is 1.21 bits per heavy atom. The van der Waals surface area contributed by atoms with Gasteiger partial charge in [0, 0.05) is 36.0 Å². The van der Waals surface area contributed by atoms with Crippen molar-refractivity contribution in [2.24, 2.45) is 0 Å². The van der Waals surface area contributed by atoms with E-state index in [-0.39, 0.29) is 11.8 Å². The van der Waals surface area contributed by atoms with E-state index in [0.29, 0.717) is 29.0 Å². The van der Waals surface area contributed by atoms with Crippen LogP contribution in [0.5, 0.6) is 0 Å². The number of aryl methyl sites for hydroxylation is 1. The van der Waals surface area contributed by atoms with Crippen LogP contribution in [0.3, 0.4) is 0 Å². The van der Waals surface area contributed by atoms with Gasteiger partial charge in [0.2, 0.25) is 5.91 Å². The topological polar surface area (TPSA) is 100 Å². The number of rotatable bonds is 5. The van der Waals surface area contributed by atoms with Crippen molar-refractivity contribution >= 4 is 44.8 Å². The number of anilines is 2. The predicted molar refractivity (Wildman–Crippen MR) is 109 cm³/mol. The molecule has 0 spiro atoms. The van der Waals surface area contributed by atoms with E-state index in [0.717, 1.165) is 29.2 Å². The van der Waals surface area contributed by atoms with Crippen LogP contribution in [0.15, 0.2) is 29.8 Å². The Morgan fingerprint density at radius 2 is 2.11 bits per heavy atom.